The van der Waals surface area contributed by atoms with E-state index in [0.717, 1.165) is 109 Å². The second kappa shape index (κ2) is 69.8. The van der Waals surface area contributed by atoms with Crippen molar-refractivity contribution in [1.29, 1.82) is 0 Å². The van der Waals surface area contributed by atoms with Crippen molar-refractivity contribution in [1.82, 2.24) is 0 Å². The van der Waals surface area contributed by atoms with Crippen molar-refractivity contribution in [2.24, 2.45) is 0 Å². The molecule has 6 nitrogen and oxygen atoms in total. The minimum atomic E-state index is -0.780. The molecule has 82 heavy (non-hydrogen) atoms. The Hall–Kier alpha value is -3.67. The van der Waals surface area contributed by atoms with E-state index in [1.54, 1.807) is 0 Å². The molecular weight excluding hydrogens is 1010 g/mol. The molecule has 6 heteroatoms. The van der Waals surface area contributed by atoms with Crippen LogP contribution in [0.4, 0.5) is 0 Å². The second-order valence-electron chi connectivity index (χ2n) is 23.4. The second-order valence-corrected chi connectivity index (χ2v) is 23.4. The maximum absolute atomic E-state index is 12.9. The summed E-state index contributed by atoms with van der Waals surface area (Å²) in [7, 11) is 0. The number of hydrogen-bond donors (Lipinski definition) is 0. The van der Waals surface area contributed by atoms with Crippen molar-refractivity contribution >= 4 is 17.9 Å². The third-order valence-corrected chi connectivity index (χ3v) is 15.3. The van der Waals surface area contributed by atoms with Gasteiger partial charge in [-0.05, 0) is 103 Å². The molecule has 0 saturated heterocycles. The van der Waals surface area contributed by atoms with Gasteiger partial charge >= 0.3 is 17.9 Å². The molecule has 0 aliphatic rings. The van der Waals surface area contributed by atoms with E-state index in [0.29, 0.717) is 19.3 Å². The molecule has 1 atom stereocenters. The van der Waals surface area contributed by atoms with Gasteiger partial charge in [0.25, 0.3) is 0 Å². The highest BCUT2D eigenvalue weighted by molar-refractivity contribution is 5.71. The molecule has 0 aromatic carbocycles. The zero-order valence-corrected chi connectivity index (χ0v) is 54.2. The van der Waals surface area contributed by atoms with Gasteiger partial charge in [-0.2, -0.15) is 0 Å². The van der Waals surface area contributed by atoms with Gasteiger partial charge in [-0.1, -0.05) is 323 Å². The van der Waals surface area contributed by atoms with Crippen LogP contribution in [0.2, 0.25) is 0 Å². The fraction of sp³-hybridized carbons (Fsp3) is 0.750. The number of allylic oxidation sites excluding steroid dienone is 16. The monoisotopic (exact) mass is 1140 g/mol. The highest BCUT2D eigenvalue weighted by Crippen LogP contribution is 2.17. The number of rotatable bonds is 64. The molecule has 0 aliphatic heterocycles. The minimum absolute atomic E-state index is 0.0777. The fourth-order valence-corrected chi connectivity index (χ4v) is 10.1. The van der Waals surface area contributed by atoms with Crippen LogP contribution >= 0.6 is 0 Å². The quantitative estimate of drug-likeness (QED) is 0.0261. The molecule has 0 amide bonds. The summed E-state index contributed by atoms with van der Waals surface area (Å²) in [5, 5.41) is 0. The third kappa shape index (κ3) is 67.1. The van der Waals surface area contributed by atoms with Gasteiger partial charge in [0.1, 0.15) is 13.2 Å². The first-order valence-corrected chi connectivity index (χ1v) is 35.2. The third-order valence-electron chi connectivity index (χ3n) is 15.3. The summed E-state index contributed by atoms with van der Waals surface area (Å²) >= 11 is 0. The molecule has 0 aromatic heterocycles. The molecule has 0 aromatic rings. The fourth-order valence-electron chi connectivity index (χ4n) is 10.1. The molecule has 0 fully saturated rings. The summed E-state index contributed by atoms with van der Waals surface area (Å²) in [5.74, 6) is -0.879. The van der Waals surface area contributed by atoms with Crippen molar-refractivity contribution in [3.05, 3.63) is 97.2 Å². The predicted molar refractivity (Wildman–Crippen MR) is 357 cm³/mol. The molecule has 0 rings (SSSR count). The van der Waals surface area contributed by atoms with Crippen LogP contribution in [0.15, 0.2) is 97.2 Å². The molecule has 0 radical (unpaired) electrons. The Bertz CT molecular complexity index is 1590. The van der Waals surface area contributed by atoms with Crippen LogP contribution in [0.5, 0.6) is 0 Å². The van der Waals surface area contributed by atoms with E-state index >= 15 is 0 Å². The summed E-state index contributed by atoms with van der Waals surface area (Å²) in [6, 6.07) is 0. The Labute approximate surface area is 508 Å². The normalized spacial score (nSPS) is 12.7. The molecule has 0 saturated carbocycles. The van der Waals surface area contributed by atoms with Crippen molar-refractivity contribution in [2.45, 2.75) is 354 Å². The first kappa shape index (κ1) is 78.3. The maximum atomic E-state index is 12.9. The number of carbonyl (C=O) groups is 3. The SMILES string of the molecule is CC/C=C\C/C=C\C/C=C\C/C=C\C/C=C\C/C=C\C/C=C\CCCCCCCCCC(=O)OCC(COC(=O)CCCCCCCCCC)OC(=O)CCCCCCCCCCCCCCCCC/C=C\CCCCCCCCCC. The molecule has 0 aliphatic carbocycles. The molecule has 0 heterocycles. The van der Waals surface area contributed by atoms with Gasteiger partial charge < -0.3 is 14.2 Å². The summed E-state index contributed by atoms with van der Waals surface area (Å²) in [4.78, 5) is 38.2. The zero-order valence-electron chi connectivity index (χ0n) is 54.2. The largest absolute Gasteiger partial charge is 0.462 e. The van der Waals surface area contributed by atoms with Gasteiger partial charge in [-0.3, -0.25) is 14.4 Å². The average molecular weight is 1140 g/mol. The van der Waals surface area contributed by atoms with E-state index in [4.69, 9.17) is 14.2 Å². The Balaban J connectivity index is 4.15. The molecule has 0 N–H and O–H groups in total. The number of esters is 3. The smallest absolute Gasteiger partial charge is 0.306 e. The van der Waals surface area contributed by atoms with E-state index in [1.165, 1.54) is 199 Å². The summed E-state index contributed by atoms with van der Waals surface area (Å²) in [6.07, 6.45) is 94.5. The van der Waals surface area contributed by atoms with Gasteiger partial charge in [-0.15, -0.1) is 0 Å². The standard InChI is InChI=1S/C76H132O6/c1-4-7-10-13-16-19-21-23-25-27-29-31-33-35-37-38-40-41-43-45-47-49-51-53-55-57-60-63-66-69-75(78)81-72-73(71-80-74(77)68-65-62-59-18-15-12-9-6-3)82-76(79)70-67-64-61-58-56-54-52-50-48-46-44-42-39-36-34-32-30-28-26-24-22-20-17-14-11-8-5-2/h7,10,16,19,23,25,28-31,35,37,40-41,45,47,73H,4-6,8-9,11-15,17-18,20-22,24,26-27,32-34,36,38-39,42-44,46,48-72H2,1-3H3/b10-7-,19-16-,25-23-,30-28-,31-29-,37-35-,41-40-,47-45-. The Morgan fingerprint density at radius 1 is 0.256 bits per heavy atom. The van der Waals surface area contributed by atoms with Crippen LogP contribution in [0.3, 0.4) is 0 Å². The summed E-state index contributed by atoms with van der Waals surface area (Å²) in [6.45, 7) is 6.52. The van der Waals surface area contributed by atoms with Crippen molar-refractivity contribution in [2.75, 3.05) is 13.2 Å². The van der Waals surface area contributed by atoms with Gasteiger partial charge in [0.15, 0.2) is 6.10 Å². The molecule has 0 spiro atoms. The van der Waals surface area contributed by atoms with Crippen molar-refractivity contribution < 1.29 is 28.6 Å². The van der Waals surface area contributed by atoms with Crippen LogP contribution in [0.1, 0.15) is 348 Å². The van der Waals surface area contributed by atoms with E-state index in [1.807, 2.05) is 0 Å². The van der Waals surface area contributed by atoms with E-state index in [-0.39, 0.29) is 31.1 Å². The van der Waals surface area contributed by atoms with Gasteiger partial charge in [0, 0.05) is 19.3 Å². The van der Waals surface area contributed by atoms with Gasteiger partial charge in [0.2, 0.25) is 0 Å². The van der Waals surface area contributed by atoms with Crippen LogP contribution < -0.4 is 0 Å². The van der Waals surface area contributed by atoms with Gasteiger partial charge in [0.05, 0.1) is 0 Å². The maximum Gasteiger partial charge on any atom is 0.306 e. The number of hydrogen-bond acceptors (Lipinski definition) is 6. The molecule has 472 valence electrons. The Kier molecular flexibility index (Phi) is 66.7. The highest BCUT2D eigenvalue weighted by Gasteiger charge is 2.19. The van der Waals surface area contributed by atoms with E-state index in [2.05, 4.69) is 118 Å². The lowest BCUT2D eigenvalue weighted by Crippen LogP contribution is -2.30. The van der Waals surface area contributed by atoms with Crippen molar-refractivity contribution in [3.8, 4) is 0 Å². The zero-order chi connectivity index (χ0) is 59.2. The van der Waals surface area contributed by atoms with Crippen LogP contribution in [0, 0.1) is 0 Å². The minimum Gasteiger partial charge on any atom is -0.462 e. The topological polar surface area (TPSA) is 78.9 Å². The average Bonchev–Trinajstić information content (AvgIpc) is 3.47. The lowest BCUT2D eigenvalue weighted by atomic mass is 10.0. The summed E-state index contributed by atoms with van der Waals surface area (Å²) < 4.78 is 16.9. The lowest BCUT2D eigenvalue weighted by molar-refractivity contribution is -0.167. The van der Waals surface area contributed by atoms with Crippen LogP contribution in [-0.2, 0) is 28.6 Å². The Morgan fingerprint density at radius 3 is 0.756 bits per heavy atom. The van der Waals surface area contributed by atoms with Gasteiger partial charge in [-0.25, -0.2) is 0 Å². The Morgan fingerprint density at radius 2 is 0.476 bits per heavy atom. The summed E-state index contributed by atoms with van der Waals surface area (Å²) in [5.41, 5.74) is 0. The van der Waals surface area contributed by atoms with E-state index in [9.17, 15) is 14.4 Å². The molecule has 1 unspecified atom stereocenters. The lowest BCUT2D eigenvalue weighted by Gasteiger charge is -2.18. The highest BCUT2D eigenvalue weighted by atomic mass is 16.6. The number of carbonyl (C=O) groups excluding carboxylic acids is 3. The predicted octanol–water partition coefficient (Wildman–Crippen LogP) is 24.4. The van der Waals surface area contributed by atoms with E-state index < -0.39 is 6.10 Å². The molecule has 0 bridgehead atoms. The number of unbranched alkanes of at least 4 members (excludes halogenated alkanes) is 37. The van der Waals surface area contributed by atoms with Crippen LogP contribution in [0.25, 0.3) is 0 Å². The first-order chi connectivity index (χ1) is 40.5. The number of ether oxygens (including phenoxy) is 3. The van der Waals surface area contributed by atoms with Crippen molar-refractivity contribution in [3.63, 3.8) is 0 Å². The molecular formula is C76H132O6. The first-order valence-electron chi connectivity index (χ1n) is 35.2. The van der Waals surface area contributed by atoms with Crippen LogP contribution in [-0.4, -0.2) is 37.2 Å².